The summed E-state index contributed by atoms with van der Waals surface area (Å²) in [6.07, 6.45) is -3.59. The smallest absolute Gasteiger partial charge is 0.383 e. The Labute approximate surface area is 137 Å². The molecular weight excluding hydrogens is 321 g/mol. The maximum Gasteiger partial charge on any atom is 0.401 e. The summed E-state index contributed by atoms with van der Waals surface area (Å²) in [5, 5.41) is 3.78. The largest absolute Gasteiger partial charge is 0.401 e. The summed E-state index contributed by atoms with van der Waals surface area (Å²) in [5.74, 6) is 0.619. The first kappa shape index (κ1) is 16.7. The van der Waals surface area contributed by atoms with Crippen LogP contribution in [-0.4, -0.2) is 51.7 Å². The number of halogens is 3. The third kappa shape index (κ3) is 3.66. The SMILES string of the molecule is Cc1cc(C)c2c(N)nc(N[C@@H]3CCN(CC(F)(F)F)C3)nc2n1. The Bertz CT molecular complexity index is 761. The molecule has 1 fully saturated rings. The van der Waals surface area contributed by atoms with E-state index < -0.39 is 12.7 Å². The van der Waals surface area contributed by atoms with E-state index in [1.165, 1.54) is 4.90 Å². The molecule has 3 N–H and O–H groups in total. The van der Waals surface area contributed by atoms with Gasteiger partial charge in [0.15, 0.2) is 5.65 Å². The molecule has 1 aliphatic heterocycles. The molecule has 0 aromatic carbocycles. The molecule has 24 heavy (non-hydrogen) atoms. The van der Waals surface area contributed by atoms with Gasteiger partial charge in [-0.2, -0.15) is 23.1 Å². The number of likely N-dealkylation sites (tertiary alicyclic amines) is 1. The number of pyridine rings is 1. The molecule has 0 aliphatic carbocycles. The lowest BCUT2D eigenvalue weighted by atomic mass is 10.1. The van der Waals surface area contributed by atoms with Crippen LogP contribution in [0.25, 0.3) is 11.0 Å². The summed E-state index contributed by atoms with van der Waals surface area (Å²) in [6.45, 7) is 3.56. The molecule has 0 bridgehead atoms. The first-order valence-corrected chi connectivity index (χ1v) is 7.68. The molecule has 2 aromatic heterocycles. The van der Waals surface area contributed by atoms with Crippen LogP contribution in [0.15, 0.2) is 6.07 Å². The lowest BCUT2D eigenvalue weighted by Crippen LogP contribution is -2.34. The minimum absolute atomic E-state index is 0.143. The standard InChI is InChI=1S/C15H19F3N6/c1-8-5-9(2)20-13-11(8)12(19)22-14(23-13)21-10-3-4-24(6-10)7-15(16,17)18/h5,10H,3-4,6-7H2,1-2H3,(H3,19,20,21,22,23)/t10-/m1/s1. The van der Waals surface area contributed by atoms with Crippen molar-refractivity contribution in [1.82, 2.24) is 19.9 Å². The van der Waals surface area contributed by atoms with Crippen LogP contribution in [0.5, 0.6) is 0 Å². The van der Waals surface area contributed by atoms with Crippen molar-refractivity contribution >= 4 is 22.8 Å². The Hall–Kier alpha value is -2.16. The van der Waals surface area contributed by atoms with Crippen LogP contribution in [0.2, 0.25) is 0 Å². The van der Waals surface area contributed by atoms with Crippen molar-refractivity contribution in [3.8, 4) is 0 Å². The lowest BCUT2D eigenvalue weighted by Gasteiger charge is -2.18. The van der Waals surface area contributed by atoms with Gasteiger partial charge in [0.2, 0.25) is 5.95 Å². The quantitative estimate of drug-likeness (QED) is 0.892. The van der Waals surface area contributed by atoms with Gasteiger partial charge in [-0.05, 0) is 31.9 Å². The zero-order chi connectivity index (χ0) is 17.5. The van der Waals surface area contributed by atoms with Gasteiger partial charge in [0.1, 0.15) is 5.82 Å². The van der Waals surface area contributed by atoms with E-state index in [-0.39, 0.29) is 6.04 Å². The maximum atomic E-state index is 12.5. The fourth-order valence-corrected chi connectivity index (χ4v) is 3.10. The van der Waals surface area contributed by atoms with Crippen LogP contribution in [-0.2, 0) is 0 Å². The highest BCUT2D eigenvalue weighted by Gasteiger charge is 2.34. The van der Waals surface area contributed by atoms with Gasteiger partial charge in [0.25, 0.3) is 0 Å². The third-order valence-corrected chi connectivity index (χ3v) is 4.03. The molecule has 1 atom stereocenters. The summed E-state index contributed by atoms with van der Waals surface area (Å²) in [4.78, 5) is 14.3. The van der Waals surface area contributed by atoms with Gasteiger partial charge in [0.05, 0.1) is 11.9 Å². The molecule has 6 nitrogen and oxygen atoms in total. The average molecular weight is 340 g/mol. The molecule has 3 rings (SSSR count). The molecule has 2 aromatic rings. The second kappa shape index (κ2) is 6.04. The van der Waals surface area contributed by atoms with E-state index in [2.05, 4.69) is 20.3 Å². The van der Waals surface area contributed by atoms with Crippen molar-refractivity contribution in [1.29, 1.82) is 0 Å². The minimum Gasteiger partial charge on any atom is -0.383 e. The summed E-state index contributed by atoms with van der Waals surface area (Å²) >= 11 is 0. The predicted octanol–water partition coefficient (Wildman–Crippen LogP) is 2.27. The Morgan fingerprint density at radius 2 is 2.04 bits per heavy atom. The van der Waals surface area contributed by atoms with Crippen molar-refractivity contribution < 1.29 is 13.2 Å². The van der Waals surface area contributed by atoms with Gasteiger partial charge in [-0.3, -0.25) is 4.90 Å². The summed E-state index contributed by atoms with van der Waals surface area (Å²) < 4.78 is 37.4. The van der Waals surface area contributed by atoms with E-state index in [4.69, 9.17) is 5.73 Å². The van der Waals surface area contributed by atoms with Crippen LogP contribution in [0, 0.1) is 13.8 Å². The van der Waals surface area contributed by atoms with Gasteiger partial charge in [-0.25, -0.2) is 4.98 Å². The average Bonchev–Trinajstić information content (AvgIpc) is 2.81. The van der Waals surface area contributed by atoms with E-state index in [1.54, 1.807) is 0 Å². The number of fused-ring (bicyclic) bond motifs is 1. The molecule has 1 aliphatic rings. The number of nitrogens with two attached hydrogens (primary N) is 1. The third-order valence-electron chi connectivity index (χ3n) is 4.03. The monoisotopic (exact) mass is 340 g/mol. The number of anilines is 2. The van der Waals surface area contributed by atoms with Crippen LogP contribution >= 0.6 is 0 Å². The highest BCUT2D eigenvalue weighted by atomic mass is 19.4. The van der Waals surface area contributed by atoms with Gasteiger partial charge >= 0.3 is 6.18 Å². The van der Waals surface area contributed by atoms with Crippen LogP contribution in [0.3, 0.4) is 0 Å². The zero-order valence-corrected chi connectivity index (χ0v) is 13.5. The van der Waals surface area contributed by atoms with E-state index in [9.17, 15) is 13.2 Å². The number of hydrogen-bond donors (Lipinski definition) is 2. The highest BCUT2D eigenvalue weighted by molar-refractivity contribution is 5.89. The first-order valence-electron chi connectivity index (χ1n) is 7.68. The van der Waals surface area contributed by atoms with Gasteiger partial charge < -0.3 is 11.1 Å². The maximum absolute atomic E-state index is 12.5. The second-order valence-electron chi connectivity index (χ2n) is 6.19. The minimum atomic E-state index is -4.18. The normalized spacial score (nSPS) is 19.1. The van der Waals surface area contributed by atoms with Crippen molar-refractivity contribution in [2.45, 2.75) is 32.5 Å². The Kier molecular flexibility index (Phi) is 4.20. The Balaban J connectivity index is 1.77. The molecule has 130 valence electrons. The first-order chi connectivity index (χ1) is 11.2. The topological polar surface area (TPSA) is 80.0 Å². The molecule has 1 saturated heterocycles. The van der Waals surface area contributed by atoms with E-state index in [0.29, 0.717) is 42.3 Å². The predicted molar refractivity (Wildman–Crippen MR) is 85.7 cm³/mol. The van der Waals surface area contributed by atoms with Crippen molar-refractivity contribution in [3.63, 3.8) is 0 Å². The second-order valence-corrected chi connectivity index (χ2v) is 6.19. The number of nitrogen functional groups attached to an aromatic ring is 1. The zero-order valence-electron chi connectivity index (χ0n) is 13.5. The molecule has 0 radical (unpaired) electrons. The van der Waals surface area contributed by atoms with Gasteiger partial charge in [0, 0.05) is 24.8 Å². The van der Waals surface area contributed by atoms with Crippen LogP contribution < -0.4 is 11.1 Å². The molecule has 0 unspecified atom stereocenters. The Morgan fingerprint density at radius 1 is 1.29 bits per heavy atom. The van der Waals surface area contributed by atoms with Crippen molar-refractivity contribution in [3.05, 3.63) is 17.3 Å². The molecule has 0 saturated carbocycles. The lowest BCUT2D eigenvalue weighted by molar-refractivity contribution is -0.143. The molecule has 0 spiro atoms. The summed E-state index contributed by atoms with van der Waals surface area (Å²) in [7, 11) is 0. The number of rotatable bonds is 3. The van der Waals surface area contributed by atoms with Gasteiger partial charge in [-0.1, -0.05) is 0 Å². The van der Waals surface area contributed by atoms with E-state index in [0.717, 1.165) is 11.3 Å². The summed E-state index contributed by atoms with van der Waals surface area (Å²) in [5.41, 5.74) is 8.26. The van der Waals surface area contributed by atoms with E-state index in [1.807, 2.05) is 19.9 Å². The highest BCUT2D eigenvalue weighted by Crippen LogP contribution is 2.24. The molecule has 3 heterocycles. The molecule has 0 amide bonds. The Morgan fingerprint density at radius 3 is 2.75 bits per heavy atom. The number of hydrogen-bond acceptors (Lipinski definition) is 6. The van der Waals surface area contributed by atoms with Crippen LogP contribution in [0.4, 0.5) is 24.9 Å². The fraction of sp³-hybridized carbons (Fsp3) is 0.533. The van der Waals surface area contributed by atoms with E-state index >= 15 is 0 Å². The van der Waals surface area contributed by atoms with Gasteiger partial charge in [-0.15, -0.1) is 0 Å². The van der Waals surface area contributed by atoms with Crippen molar-refractivity contribution in [2.24, 2.45) is 0 Å². The number of aromatic nitrogens is 3. The van der Waals surface area contributed by atoms with Crippen molar-refractivity contribution in [2.75, 3.05) is 30.7 Å². The molecular formula is C15H19F3N6. The number of nitrogens with zero attached hydrogens (tertiary/aromatic N) is 4. The fourth-order valence-electron chi connectivity index (χ4n) is 3.10. The number of nitrogens with one attached hydrogen (secondary N) is 1. The summed E-state index contributed by atoms with van der Waals surface area (Å²) in [6, 6.07) is 1.76. The van der Waals surface area contributed by atoms with Crippen LogP contribution in [0.1, 0.15) is 17.7 Å². The number of aryl methyl sites for hydroxylation is 2. The molecule has 9 heteroatoms. The number of alkyl halides is 3.